The molecule has 0 aliphatic carbocycles. The van der Waals surface area contributed by atoms with Gasteiger partial charge in [-0.05, 0) is 57.4 Å². The van der Waals surface area contributed by atoms with Crippen LogP contribution in [0, 0.1) is 21.4 Å². The van der Waals surface area contributed by atoms with E-state index in [0.717, 1.165) is 11.6 Å². The van der Waals surface area contributed by atoms with Crippen molar-refractivity contribution in [1.82, 2.24) is 0 Å². The first-order valence-corrected chi connectivity index (χ1v) is 10.6. The lowest BCUT2D eigenvalue weighted by molar-refractivity contribution is -0.384. The van der Waals surface area contributed by atoms with E-state index >= 15 is 0 Å². The number of Topliss-reactive ketones (excluding diaryl/α,β-unsaturated/α-hetero) is 1. The summed E-state index contributed by atoms with van der Waals surface area (Å²) in [6, 6.07) is 17.6. The fourth-order valence-corrected chi connectivity index (χ4v) is 3.63. The van der Waals surface area contributed by atoms with Crippen molar-refractivity contribution in [3.63, 3.8) is 0 Å². The maximum absolute atomic E-state index is 12.8. The topological polar surface area (TPSA) is 102 Å². The molecule has 166 valence electrons. The number of nitrogens with zero attached hydrogens (tertiary/aromatic N) is 2. The number of nitriles is 1. The summed E-state index contributed by atoms with van der Waals surface area (Å²) < 4.78 is 11.9. The van der Waals surface area contributed by atoms with Gasteiger partial charge in [-0.25, -0.2) is 0 Å². The summed E-state index contributed by atoms with van der Waals surface area (Å²) in [5.74, 6) is 0.220. The second-order valence-electron chi connectivity index (χ2n) is 6.76. The summed E-state index contributed by atoms with van der Waals surface area (Å²) in [5.41, 5.74) is 1.05. The highest BCUT2D eigenvalue weighted by Gasteiger charge is 2.17. The van der Waals surface area contributed by atoms with Crippen molar-refractivity contribution in [2.45, 2.75) is 6.61 Å². The molecule has 0 unspecified atom stereocenters. The molecule has 3 aromatic carbocycles. The number of hydrogen-bond donors (Lipinski definition) is 0. The summed E-state index contributed by atoms with van der Waals surface area (Å²) in [6.07, 6.45) is 1.39. The van der Waals surface area contributed by atoms with Gasteiger partial charge in [0.25, 0.3) is 5.69 Å². The highest BCUT2D eigenvalue weighted by Crippen LogP contribution is 2.38. The van der Waals surface area contributed by atoms with Gasteiger partial charge >= 0.3 is 0 Å². The molecule has 9 heteroatoms. The minimum Gasteiger partial charge on any atom is -0.493 e. The number of non-ortho nitro benzene ring substituents is 1. The number of allylic oxidation sites excluding steroid dienone is 1. The van der Waals surface area contributed by atoms with Crippen LogP contribution in [0.5, 0.6) is 11.5 Å². The van der Waals surface area contributed by atoms with Gasteiger partial charge in [-0.1, -0.05) is 35.9 Å². The maximum Gasteiger partial charge on any atom is 0.270 e. The smallest absolute Gasteiger partial charge is 0.270 e. The lowest BCUT2D eigenvalue weighted by atomic mass is 10.0. The molecule has 0 heterocycles. The number of rotatable bonds is 8. The number of ketones is 1. The molecule has 0 N–H and O–H groups in total. The first-order valence-electron chi connectivity index (χ1n) is 9.48. The zero-order valence-corrected chi connectivity index (χ0v) is 19.6. The van der Waals surface area contributed by atoms with E-state index in [1.54, 1.807) is 24.3 Å². The molecule has 0 spiro atoms. The number of nitro groups is 1. The Morgan fingerprint density at radius 1 is 1.21 bits per heavy atom. The number of carbonyl (C=O) groups excluding carboxylic acids is 1. The van der Waals surface area contributed by atoms with Gasteiger partial charge in [0.15, 0.2) is 11.5 Å². The number of methoxy groups -OCH3 is 1. The Bertz CT molecular complexity index is 1280. The van der Waals surface area contributed by atoms with Gasteiger partial charge in [-0.3, -0.25) is 14.9 Å². The SMILES string of the molecule is COc1cc(/C=C(\C#N)C(=O)c2cccc([N+](=O)[O-])c2)cc(Br)c1OCc1ccc(Cl)cc1. The Labute approximate surface area is 203 Å². The molecule has 0 aromatic heterocycles. The minimum absolute atomic E-state index is 0.0472. The highest BCUT2D eigenvalue weighted by molar-refractivity contribution is 9.10. The molecular weight excluding hydrogens is 512 g/mol. The zero-order valence-electron chi connectivity index (χ0n) is 17.2. The van der Waals surface area contributed by atoms with Crippen molar-refractivity contribution in [1.29, 1.82) is 5.26 Å². The van der Waals surface area contributed by atoms with Crippen LogP contribution in [0.3, 0.4) is 0 Å². The Kier molecular flexibility index (Phi) is 7.83. The normalized spacial score (nSPS) is 10.9. The average Bonchev–Trinajstić information content (AvgIpc) is 2.82. The van der Waals surface area contributed by atoms with Gasteiger partial charge in [0.1, 0.15) is 18.2 Å². The molecular formula is C24H16BrClN2O5. The van der Waals surface area contributed by atoms with Crippen LogP contribution in [-0.2, 0) is 6.61 Å². The predicted molar refractivity (Wildman–Crippen MR) is 127 cm³/mol. The van der Waals surface area contributed by atoms with Gasteiger partial charge in [-0.15, -0.1) is 0 Å². The number of carbonyl (C=O) groups is 1. The lowest BCUT2D eigenvalue weighted by Crippen LogP contribution is -2.03. The molecule has 0 saturated heterocycles. The van der Waals surface area contributed by atoms with Crippen molar-refractivity contribution < 1.29 is 19.2 Å². The van der Waals surface area contributed by atoms with Crippen molar-refractivity contribution >= 4 is 45.1 Å². The van der Waals surface area contributed by atoms with Gasteiger partial charge < -0.3 is 9.47 Å². The minimum atomic E-state index is -0.626. The second-order valence-corrected chi connectivity index (χ2v) is 8.05. The van der Waals surface area contributed by atoms with Crippen LogP contribution in [0.1, 0.15) is 21.5 Å². The van der Waals surface area contributed by atoms with Crippen LogP contribution >= 0.6 is 27.5 Å². The van der Waals surface area contributed by atoms with Crippen LogP contribution < -0.4 is 9.47 Å². The van der Waals surface area contributed by atoms with Crippen molar-refractivity contribution in [3.05, 3.63) is 103 Å². The fraction of sp³-hybridized carbons (Fsp3) is 0.0833. The van der Waals surface area contributed by atoms with E-state index in [4.69, 9.17) is 21.1 Å². The summed E-state index contributed by atoms with van der Waals surface area (Å²) in [5, 5.41) is 21.1. The molecule has 0 aliphatic rings. The van der Waals surface area contributed by atoms with Gasteiger partial charge in [0, 0.05) is 22.7 Å². The molecule has 33 heavy (non-hydrogen) atoms. The zero-order chi connectivity index (χ0) is 24.0. The van der Waals surface area contributed by atoms with Crippen LogP contribution in [0.15, 0.2) is 70.7 Å². The van der Waals surface area contributed by atoms with E-state index in [1.165, 1.54) is 31.4 Å². The Morgan fingerprint density at radius 2 is 1.94 bits per heavy atom. The van der Waals surface area contributed by atoms with E-state index in [-0.39, 0.29) is 23.4 Å². The van der Waals surface area contributed by atoms with Crippen LogP contribution in [-0.4, -0.2) is 17.8 Å². The monoisotopic (exact) mass is 526 g/mol. The van der Waals surface area contributed by atoms with E-state index in [1.807, 2.05) is 18.2 Å². The first-order chi connectivity index (χ1) is 15.8. The molecule has 0 aliphatic heterocycles. The lowest BCUT2D eigenvalue weighted by Gasteiger charge is -2.14. The summed E-state index contributed by atoms with van der Waals surface area (Å²) in [6.45, 7) is 0.274. The predicted octanol–water partition coefficient (Wildman–Crippen LogP) is 6.39. The quantitative estimate of drug-likeness (QED) is 0.111. The van der Waals surface area contributed by atoms with Gasteiger partial charge in [-0.2, -0.15) is 5.26 Å². The third-order valence-corrected chi connectivity index (χ3v) is 5.38. The molecule has 0 saturated carbocycles. The number of halogens is 2. The molecule has 3 rings (SSSR count). The molecule has 0 bridgehead atoms. The molecule has 0 radical (unpaired) electrons. The maximum atomic E-state index is 12.8. The summed E-state index contributed by atoms with van der Waals surface area (Å²) in [4.78, 5) is 23.1. The van der Waals surface area contributed by atoms with Crippen molar-refractivity contribution in [2.24, 2.45) is 0 Å². The van der Waals surface area contributed by atoms with E-state index < -0.39 is 10.7 Å². The molecule has 0 atom stereocenters. The van der Waals surface area contributed by atoms with Crippen molar-refractivity contribution in [3.8, 4) is 17.6 Å². The molecule has 7 nitrogen and oxygen atoms in total. The van der Waals surface area contributed by atoms with Crippen LogP contribution in [0.2, 0.25) is 5.02 Å². The number of nitro benzene ring substituents is 1. The first kappa shape index (κ1) is 24.0. The fourth-order valence-electron chi connectivity index (χ4n) is 2.93. The Morgan fingerprint density at radius 3 is 2.58 bits per heavy atom. The Balaban J connectivity index is 1.88. The largest absolute Gasteiger partial charge is 0.493 e. The standard InChI is InChI=1S/C24H16BrClN2O5/c1-32-22-11-16(10-21(25)24(22)33-14-15-5-7-19(26)8-6-15)9-18(13-27)23(29)17-3-2-4-20(12-17)28(30)31/h2-12H,14H2,1H3/b18-9+. The number of ether oxygens (including phenoxy) is 2. The van der Waals surface area contributed by atoms with Crippen molar-refractivity contribution in [2.75, 3.05) is 7.11 Å². The van der Waals surface area contributed by atoms with E-state index in [0.29, 0.717) is 26.6 Å². The Hall–Kier alpha value is -3.67. The second kappa shape index (κ2) is 10.8. The van der Waals surface area contributed by atoms with Crippen LogP contribution in [0.25, 0.3) is 6.08 Å². The average molecular weight is 528 g/mol. The molecule has 0 amide bonds. The molecule has 0 fully saturated rings. The highest BCUT2D eigenvalue weighted by atomic mass is 79.9. The number of benzene rings is 3. The summed E-state index contributed by atoms with van der Waals surface area (Å²) in [7, 11) is 1.48. The van der Waals surface area contributed by atoms with Crippen LogP contribution in [0.4, 0.5) is 5.69 Å². The number of hydrogen-bond acceptors (Lipinski definition) is 6. The third-order valence-electron chi connectivity index (χ3n) is 4.54. The van der Waals surface area contributed by atoms with E-state index in [9.17, 15) is 20.2 Å². The van der Waals surface area contributed by atoms with Gasteiger partial charge in [0.05, 0.1) is 16.5 Å². The van der Waals surface area contributed by atoms with E-state index in [2.05, 4.69) is 15.9 Å². The molecule has 3 aromatic rings. The summed E-state index contributed by atoms with van der Waals surface area (Å²) >= 11 is 9.35. The van der Waals surface area contributed by atoms with Gasteiger partial charge in [0.2, 0.25) is 5.78 Å². The third kappa shape index (κ3) is 5.98.